The van der Waals surface area contributed by atoms with Crippen molar-refractivity contribution in [2.45, 2.75) is 25.3 Å². The van der Waals surface area contributed by atoms with Crippen LogP contribution >= 0.6 is 0 Å². The summed E-state index contributed by atoms with van der Waals surface area (Å²) in [5.41, 5.74) is 1.17. The van der Waals surface area contributed by atoms with E-state index in [9.17, 15) is 0 Å². The Bertz CT molecular complexity index is 247. The molecule has 1 saturated heterocycles. The van der Waals surface area contributed by atoms with Crippen molar-refractivity contribution in [2.75, 3.05) is 6.54 Å². The standard InChI is InChI=1S/C9H13N3/c1-7-4-8(5-11-7)9-2-3-10-6-12-9/h2-3,6-8,11H,4-5H2,1H3. The van der Waals surface area contributed by atoms with Gasteiger partial charge in [0.05, 0.1) is 0 Å². The highest BCUT2D eigenvalue weighted by Gasteiger charge is 2.22. The lowest BCUT2D eigenvalue weighted by atomic mass is 10.0. The zero-order chi connectivity index (χ0) is 8.39. The fourth-order valence-corrected chi connectivity index (χ4v) is 1.70. The van der Waals surface area contributed by atoms with E-state index in [0.29, 0.717) is 12.0 Å². The second-order valence-electron chi connectivity index (χ2n) is 3.38. The molecule has 1 aliphatic heterocycles. The van der Waals surface area contributed by atoms with Crippen molar-refractivity contribution >= 4 is 0 Å². The number of hydrogen-bond donors (Lipinski definition) is 1. The summed E-state index contributed by atoms with van der Waals surface area (Å²) in [6.07, 6.45) is 4.63. The molecule has 64 valence electrons. The first-order valence-electron chi connectivity index (χ1n) is 4.35. The fourth-order valence-electron chi connectivity index (χ4n) is 1.70. The van der Waals surface area contributed by atoms with Gasteiger partial charge in [0.1, 0.15) is 6.33 Å². The van der Waals surface area contributed by atoms with Gasteiger partial charge in [0.2, 0.25) is 0 Å². The Morgan fingerprint density at radius 2 is 2.50 bits per heavy atom. The average molecular weight is 163 g/mol. The van der Waals surface area contributed by atoms with Gasteiger partial charge in [-0.3, -0.25) is 0 Å². The molecule has 3 nitrogen and oxygen atoms in total. The first-order valence-corrected chi connectivity index (χ1v) is 4.35. The van der Waals surface area contributed by atoms with E-state index in [1.165, 1.54) is 12.1 Å². The maximum atomic E-state index is 4.24. The SMILES string of the molecule is CC1CC(c2ccncn2)CN1. The Balaban J connectivity index is 2.11. The summed E-state index contributed by atoms with van der Waals surface area (Å²) < 4.78 is 0. The van der Waals surface area contributed by atoms with Gasteiger partial charge in [-0.25, -0.2) is 9.97 Å². The molecule has 0 aromatic carbocycles. The van der Waals surface area contributed by atoms with Crippen molar-refractivity contribution in [1.82, 2.24) is 15.3 Å². The molecule has 3 heteroatoms. The van der Waals surface area contributed by atoms with E-state index in [2.05, 4.69) is 22.2 Å². The van der Waals surface area contributed by atoms with Crippen molar-refractivity contribution in [3.8, 4) is 0 Å². The highest BCUT2D eigenvalue weighted by atomic mass is 15.0. The van der Waals surface area contributed by atoms with Crippen LogP contribution in [0.2, 0.25) is 0 Å². The summed E-state index contributed by atoms with van der Waals surface area (Å²) >= 11 is 0. The Kier molecular flexibility index (Phi) is 2.04. The molecular formula is C9H13N3. The smallest absolute Gasteiger partial charge is 0.115 e. The van der Waals surface area contributed by atoms with E-state index >= 15 is 0 Å². The molecule has 0 amide bonds. The molecule has 0 bridgehead atoms. The van der Waals surface area contributed by atoms with Gasteiger partial charge in [-0.2, -0.15) is 0 Å². The third-order valence-corrected chi connectivity index (χ3v) is 2.37. The van der Waals surface area contributed by atoms with E-state index in [1.807, 2.05) is 12.3 Å². The minimum absolute atomic E-state index is 0.586. The molecule has 1 N–H and O–H groups in total. The van der Waals surface area contributed by atoms with Gasteiger partial charge in [-0.05, 0) is 19.4 Å². The number of rotatable bonds is 1. The van der Waals surface area contributed by atoms with E-state index in [1.54, 1.807) is 6.33 Å². The van der Waals surface area contributed by atoms with E-state index in [0.717, 1.165) is 6.54 Å². The topological polar surface area (TPSA) is 37.8 Å². The molecule has 0 spiro atoms. The monoisotopic (exact) mass is 163 g/mol. The van der Waals surface area contributed by atoms with Crippen LogP contribution in [0, 0.1) is 0 Å². The lowest BCUT2D eigenvalue weighted by molar-refractivity contribution is 0.655. The summed E-state index contributed by atoms with van der Waals surface area (Å²) in [5.74, 6) is 0.586. The molecule has 2 heterocycles. The molecule has 2 rings (SSSR count). The molecule has 1 aromatic rings. The van der Waals surface area contributed by atoms with Crippen LogP contribution in [0.4, 0.5) is 0 Å². The first kappa shape index (κ1) is 7.68. The number of nitrogens with zero attached hydrogens (tertiary/aromatic N) is 2. The molecule has 1 fully saturated rings. The van der Waals surface area contributed by atoms with Crippen LogP contribution in [-0.4, -0.2) is 22.6 Å². The van der Waals surface area contributed by atoms with Crippen molar-refractivity contribution in [2.24, 2.45) is 0 Å². The maximum absolute atomic E-state index is 4.24. The normalized spacial score (nSPS) is 29.1. The summed E-state index contributed by atoms with van der Waals surface area (Å²) in [6.45, 7) is 3.26. The molecule has 1 aromatic heterocycles. The molecule has 2 unspecified atom stereocenters. The molecule has 2 atom stereocenters. The average Bonchev–Trinajstić information content (AvgIpc) is 2.54. The largest absolute Gasteiger partial charge is 0.314 e. The van der Waals surface area contributed by atoms with Crippen LogP contribution in [0.3, 0.4) is 0 Å². The summed E-state index contributed by atoms with van der Waals surface area (Å²) in [4.78, 5) is 8.15. The Hall–Kier alpha value is -0.960. The Labute approximate surface area is 72.2 Å². The van der Waals surface area contributed by atoms with Gasteiger partial charge in [-0.15, -0.1) is 0 Å². The molecule has 0 saturated carbocycles. The Morgan fingerprint density at radius 1 is 1.58 bits per heavy atom. The third-order valence-electron chi connectivity index (χ3n) is 2.37. The van der Waals surface area contributed by atoms with E-state index in [-0.39, 0.29) is 0 Å². The first-order chi connectivity index (χ1) is 5.86. The van der Waals surface area contributed by atoms with Crippen LogP contribution < -0.4 is 5.32 Å². The minimum atomic E-state index is 0.586. The number of aromatic nitrogens is 2. The zero-order valence-electron chi connectivity index (χ0n) is 7.20. The van der Waals surface area contributed by atoms with Crippen molar-refractivity contribution in [3.05, 3.63) is 24.3 Å². The van der Waals surface area contributed by atoms with Gasteiger partial charge >= 0.3 is 0 Å². The summed E-state index contributed by atoms with van der Waals surface area (Å²) in [5, 5.41) is 3.41. The van der Waals surface area contributed by atoms with Gasteiger partial charge in [0.15, 0.2) is 0 Å². The highest BCUT2D eigenvalue weighted by Crippen LogP contribution is 2.22. The lowest BCUT2D eigenvalue weighted by Gasteiger charge is -2.05. The van der Waals surface area contributed by atoms with Gasteiger partial charge < -0.3 is 5.32 Å². The quantitative estimate of drug-likeness (QED) is 0.669. The van der Waals surface area contributed by atoms with E-state index in [4.69, 9.17) is 0 Å². The third kappa shape index (κ3) is 1.46. The fraction of sp³-hybridized carbons (Fsp3) is 0.556. The van der Waals surface area contributed by atoms with Crippen molar-refractivity contribution in [1.29, 1.82) is 0 Å². The van der Waals surface area contributed by atoms with Crippen molar-refractivity contribution in [3.63, 3.8) is 0 Å². The Morgan fingerprint density at radius 3 is 3.08 bits per heavy atom. The van der Waals surface area contributed by atoms with E-state index < -0.39 is 0 Å². The van der Waals surface area contributed by atoms with Crippen LogP contribution in [0.1, 0.15) is 25.0 Å². The summed E-state index contributed by atoms with van der Waals surface area (Å²) in [7, 11) is 0. The van der Waals surface area contributed by atoms with Crippen LogP contribution in [0.25, 0.3) is 0 Å². The predicted octanol–water partition coefficient (Wildman–Crippen LogP) is 0.942. The highest BCUT2D eigenvalue weighted by molar-refractivity contribution is 5.09. The minimum Gasteiger partial charge on any atom is -0.314 e. The second-order valence-corrected chi connectivity index (χ2v) is 3.38. The van der Waals surface area contributed by atoms with Gasteiger partial charge in [0.25, 0.3) is 0 Å². The zero-order valence-corrected chi connectivity index (χ0v) is 7.20. The lowest BCUT2D eigenvalue weighted by Crippen LogP contribution is -2.16. The molecule has 12 heavy (non-hydrogen) atoms. The van der Waals surface area contributed by atoms with Crippen LogP contribution in [-0.2, 0) is 0 Å². The molecule has 0 aliphatic carbocycles. The van der Waals surface area contributed by atoms with Crippen LogP contribution in [0.15, 0.2) is 18.6 Å². The molecule has 0 radical (unpaired) electrons. The maximum Gasteiger partial charge on any atom is 0.115 e. The number of nitrogens with one attached hydrogen (secondary N) is 1. The van der Waals surface area contributed by atoms with Crippen LogP contribution in [0.5, 0.6) is 0 Å². The molecule has 1 aliphatic rings. The van der Waals surface area contributed by atoms with Crippen molar-refractivity contribution < 1.29 is 0 Å². The van der Waals surface area contributed by atoms with Gasteiger partial charge in [-0.1, -0.05) is 0 Å². The van der Waals surface area contributed by atoms with Gasteiger partial charge in [0, 0.05) is 30.4 Å². The second kappa shape index (κ2) is 3.19. The predicted molar refractivity (Wildman–Crippen MR) is 46.9 cm³/mol. The molecular weight excluding hydrogens is 150 g/mol. The number of hydrogen-bond acceptors (Lipinski definition) is 3. The summed E-state index contributed by atoms with van der Waals surface area (Å²) in [6, 6.07) is 2.63.